The molecule has 7 heteroatoms. The highest BCUT2D eigenvalue weighted by Crippen LogP contribution is 2.40. The minimum Gasteiger partial charge on any atom is -0.508 e. The van der Waals surface area contributed by atoms with Crippen molar-refractivity contribution in [1.82, 2.24) is 19.7 Å². The number of aryl methyl sites for hydroxylation is 3. The number of aromatic hydroxyl groups is 1. The van der Waals surface area contributed by atoms with Crippen molar-refractivity contribution in [2.24, 2.45) is 0 Å². The second kappa shape index (κ2) is 5.94. The molecule has 0 fully saturated rings. The van der Waals surface area contributed by atoms with Crippen LogP contribution in [0.1, 0.15) is 40.5 Å². The molecule has 1 atom stereocenters. The van der Waals surface area contributed by atoms with Crippen LogP contribution in [0.3, 0.4) is 0 Å². The highest BCUT2D eigenvalue weighted by atomic mass is 16.3. The average molecular weight is 349 g/mol. The van der Waals surface area contributed by atoms with Gasteiger partial charge >= 0.3 is 0 Å². The van der Waals surface area contributed by atoms with Crippen LogP contribution in [0.5, 0.6) is 5.75 Å². The molecular formula is C19H19N5O2. The lowest BCUT2D eigenvalue weighted by molar-refractivity contribution is -0.116. The maximum Gasteiger partial charge on any atom is 0.252 e. The Labute approximate surface area is 150 Å². The zero-order valence-corrected chi connectivity index (χ0v) is 14.8. The fourth-order valence-electron chi connectivity index (χ4n) is 3.49. The maximum atomic E-state index is 12.4. The van der Waals surface area contributed by atoms with E-state index < -0.39 is 0 Å². The van der Waals surface area contributed by atoms with Crippen molar-refractivity contribution in [3.8, 4) is 11.7 Å². The van der Waals surface area contributed by atoms with E-state index in [2.05, 4.69) is 20.4 Å². The number of rotatable bonds is 2. The van der Waals surface area contributed by atoms with Crippen molar-refractivity contribution in [3.63, 3.8) is 0 Å². The molecule has 0 radical (unpaired) electrons. The number of phenols is 1. The van der Waals surface area contributed by atoms with Crippen LogP contribution in [-0.4, -0.2) is 30.8 Å². The van der Waals surface area contributed by atoms with E-state index in [0.717, 1.165) is 28.2 Å². The highest BCUT2D eigenvalue weighted by Gasteiger charge is 2.33. The minimum absolute atomic E-state index is 0.0823. The predicted molar refractivity (Wildman–Crippen MR) is 96.6 cm³/mol. The van der Waals surface area contributed by atoms with Gasteiger partial charge in [0.25, 0.3) is 5.95 Å². The van der Waals surface area contributed by atoms with Crippen LogP contribution in [-0.2, 0) is 4.79 Å². The van der Waals surface area contributed by atoms with Crippen molar-refractivity contribution >= 4 is 11.7 Å². The number of hydrogen-bond acceptors (Lipinski definition) is 5. The van der Waals surface area contributed by atoms with E-state index >= 15 is 0 Å². The zero-order chi connectivity index (χ0) is 18.4. The molecule has 1 amide bonds. The normalized spacial score (nSPS) is 16.3. The minimum atomic E-state index is -0.126. The van der Waals surface area contributed by atoms with Gasteiger partial charge in [0.05, 0.1) is 5.69 Å². The molecule has 1 aliphatic rings. The topological polar surface area (TPSA) is 92.9 Å². The first-order valence-electron chi connectivity index (χ1n) is 8.43. The summed E-state index contributed by atoms with van der Waals surface area (Å²) in [6, 6.07) is 8.84. The summed E-state index contributed by atoms with van der Waals surface area (Å²) in [4.78, 5) is 21.3. The molecule has 0 saturated carbocycles. The molecule has 0 aliphatic carbocycles. The standard InChI is InChI=1S/C19H19N5O2/c1-10-8-11(2)21-19(20-10)24-18-17(12(3)23-24)15(9-16(26)22-18)13-4-6-14(25)7-5-13/h4-8,15,25H,9H2,1-3H3,(H,22,26). The van der Waals surface area contributed by atoms with Crippen LogP contribution in [0.4, 0.5) is 5.82 Å². The summed E-state index contributed by atoms with van der Waals surface area (Å²) in [5, 5.41) is 17.1. The molecule has 2 N–H and O–H groups in total. The van der Waals surface area contributed by atoms with Crippen molar-refractivity contribution in [2.75, 3.05) is 5.32 Å². The number of benzene rings is 1. The van der Waals surface area contributed by atoms with E-state index in [1.165, 1.54) is 0 Å². The summed E-state index contributed by atoms with van der Waals surface area (Å²) in [6.07, 6.45) is 0.331. The number of carbonyl (C=O) groups excluding carboxylic acids is 1. The van der Waals surface area contributed by atoms with Gasteiger partial charge in [0.1, 0.15) is 11.6 Å². The van der Waals surface area contributed by atoms with E-state index in [-0.39, 0.29) is 17.6 Å². The lowest BCUT2D eigenvalue weighted by Crippen LogP contribution is -2.25. The Balaban J connectivity index is 1.88. The van der Waals surface area contributed by atoms with E-state index in [4.69, 9.17) is 0 Å². The summed E-state index contributed by atoms with van der Waals surface area (Å²) in [6.45, 7) is 5.72. The third-order valence-corrected chi connectivity index (χ3v) is 4.56. The molecular weight excluding hydrogens is 330 g/mol. The quantitative estimate of drug-likeness (QED) is 0.742. The highest BCUT2D eigenvalue weighted by molar-refractivity contribution is 5.95. The SMILES string of the molecule is Cc1cc(C)nc(-n2nc(C)c3c2NC(=O)CC3c2ccc(O)cc2)n1. The Morgan fingerprint density at radius 1 is 1.12 bits per heavy atom. The van der Waals surface area contributed by atoms with Crippen LogP contribution in [0.2, 0.25) is 0 Å². The van der Waals surface area contributed by atoms with Gasteiger partial charge in [0.2, 0.25) is 5.91 Å². The monoisotopic (exact) mass is 349 g/mol. The van der Waals surface area contributed by atoms with Gasteiger partial charge in [0.15, 0.2) is 0 Å². The number of nitrogens with zero attached hydrogens (tertiary/aromatic N) is 4. The predicted octanol–water partition coefficient (Wildman–Crippen LogP) is 2.77. The van der Waals surface area contributed by atoms with E-state index in [0.29, 0.717) is 18.2 Å². The van der Waals surface area contributed by atoms with Gasteiger partial charge in [-0.2, -0.15) is 9.78 Å². The van der Waals surface area contributed by atoms with Crippen LogP contribution in [0, 0.1) is 20.8 Å². The molecule has 0 bridgehead atoms. The van der Waals surface area contributed by atoms with Crippen LogP contribution in [0.25, 0.3) is 5.95 Å². The van der Waals surface area contributed by atoms with Crippen molar-refractivity contribution in [2.45, 2.75) is 33.1 Å². The Hall–Kier alpha value is -3.22. The molecule has 1 aliphatic heterocycles. The summed E-state index contributed by atoms with van der Waals surface area (Å²) in [5.41, 5.74) is 4.42. The van der Waals surface area contributed by atoms with Crippen LogP contribution >= 0.6 is 0 Å². The fraction of sp³-hybridized carbons (Fsp3) is 0.263. The maximum absolute atomic E-state index is 12.4. The first-order chi connectivity index (χ1) is 12.4. The van der Waals surface area contributed by atoms with Crippen LogP contribution in [0.15, 0.2) is 30.3 Å². The van der Waals surface area contributed by atoms with E-state index in [1.807, 2.05) is 39.0 Å². The van der Waals surface area contributed by atoms with Crippen molar-refractivity contribution < 1.29 is 9.90 Å². The largest absolute Gasteiger partial charge is 0.508 e. The summed E-state index contributed by atoms with van der Waals surface area (Å²) >= 11 is 0. The Morgan fingerprint density at radius 3 is 2.42 bits per heavy atom. The number of amides is 1. The number of aromatic nitrogens is 4. The molecule has 4 rings (SSSR count). The summed E-state index contributed by atoms with van der Waals surface area (Å²) in [5.74, 6) is 1.05. The molecule has 3 heterocycles. The third-order valence-electron chi connectivity index (χ3n) is 4.56. The number of carbonyl (C=O) groups is 1. The van der Waals surface area contributed by atoms with Gasteiger partial charge in [-0.25, -0.2) is 9.97 Å². The third kappa shape index (κ3) is 2.71. The second-order valence-electron chi connectivity index (χ2n) is 6.61. The van der Waals surface area contributed by atoms with E-state index in [1.54, 1.807) is 16.8 Å². The summed E-state index contributed by atoms with van der Waals surface area (Å²) < 4.78 is 1.61. The van der Waals surface area contributed by atoms with Crippen molar-refractivity contribution in [1.29, 1.82) is 0 Å². The molecule has 7 nitrogen and oxygen atoms in total. The van der Waals surface area contributed by atoms with Crippen LogP contribution < -0.4 is 5.32 Å². The number of nitrogens with one attached hydrogen (secondary N) is 1. The lowest BCUT2D eigenvalue weighted by Gasteiger charge is -2.24. The van der Waals surface area contributed by atoms with Gasteiger partial charge < -0.3 is 10.4 Å². The van der Waals surface area contributed by atoms with Gasteiger partial charge in [-0.3, -0.25) is 4.79 Å². The number of anilines is 1. The smallest absolute Gasteiger partial charge is 0.252 e. The Kier molecular flexibility index (Phi) is 3.72. The Morgan fingerprint density at radius 2 is 1.77 bits per heavy atom. The van der Waals surface area contributed by atoms with Crippen molar-refractivity contribution in [3.05, 3.63) is 58.5 Å². The molecule has 3 aromatic rings. The number of hydrogen-bond donors (Lipinski definition) is 2. The molecule has 0 spiro atoms. The number of phenolic OH excluding ortho intramolecular Hbond substituents is 1. The average Bonchev–Trinajstić information content (AvgIpc) is 2.91. The van der Waals surface area contributed by atoms with Gasteiger partial charge in [-0.1, -0.05) is 12.1 Å². The fourth-order valence-corrected chi connectivity index (χ4v) is 3.49. The van der Waals surface area contributed by atoms with Gasteiger partial charge in [0, 0.05) is 29.3 Å². The number of fused-ring (bicyclic) bond motifs is 1. The molecule has 2 aromatic heterocycles. The Bertz CT molecular complexity index is 987. The zero-order valence-electron chi connectivity index (χ0n) is 14.8. The molecule has 1 aromatic carbocycles. The summed E-state index contributed by atoms with van der Waals surface area (Å²) in [7, 11) is 0. The van der Waals surface area contributed by atoms with E-state index in [9.17, 15) is 9.90 Å². The molecule has 1 unspecified atom stereocenters. The first kappa shape index (κ1) is 16.3. The molecule has 26 heavy (non-hydrogen) atoms. The van der Waals surface area contributed by atoms with Gasteiger partial charge in [-0.15, -0.1) is 0 Å². The first-order valence-corrected chi connectivity index (χ1v) is 8.43. The van der Waals surface area contributed by atoms with Gasteiger partial charge in [-0.05, 0) is 44.5 Å². The second-order valence-corrected chi connectivity index (χ2v) is 6.61. The lowest BCUT2D eigenvalue weighted by atomic mass is 9.86. The molecule has 0 saturated heterocycles. The molecule has 132 valence electrons.